The molecule has 1 saturated heterocycles. The summed E-state index contributed by atoms with van der Waals surface area (Å²) in [7, 11) is 0. The number of carbonyl (C=O) groups is 2. The third kappa shape index (κ3) is 2.38. The molecule has 1 heterocycles. The highest BCUT2D eigenvalue weighted by molar-refractivity contribution is 6.29. The molecule has 0 spiro atoms. The van der Waals surface area contributed by atoms with Gasteiger partial charge in [0, 0.05) is 28.7 Å². The molecule has 1 aliphatic carbocycles. The zero-order chi connectivity index (χ0) is 18.6. The van der Waals surface area contributed by atoms with E-state index in [1.165, 1.54) is 12.1 Å². The molecule has 0 bridgehead atoms. The second kappa shape index (κ2) is 6.02. The SMILES string of the molecule is C[C@H]1O[C@@H](c2ccc3c(c2O)C(=O)c2ccccc2C3=O)C[C@H](O)[C@@H]1O. The van der Waals surface area contributed by atoms with Crippen LogP contribution in [0.3, 0.4) is 0 Å². The second-order valence-corrected chi connectivity index (χ2v) is 6.75. The van der Waals surface area contributed by atoms with E-state index in [4.69, 9.17) is 4.74 Å². The number of fused-ring (bicyclic) bond motifs is 2. The number of aromatic hydroxyl groups is 1. The zero-order valence-corrected chi connectivity index (χ0v) is 14.0. The van der Waals surface area contributed by atoms with Gasteiger partial charge >= 0.3 is 0 Å². The highest BCUT2D eigenvalue weighted by atomic mass is 16.5. The van der Waals surface area contributed by atoms with Crippen LogP contribution < -0.4 is 0 Å². The summed E-state index contributed by atoms with van der Waals surface area (Å²) in [6, 6.07) is 9.55. The van der Waals surface area contributed by atoms with E-state index in [0.29, 0.717) is 11.1 Å². The Kier molecular flexibility index (Phi) is 3.91. The number of carbonyl (C=O) groups excluding carboxylic acids is 2. The van der Waals surface area contributed by atoms with Crippen molar-refractivity contribution in [1.29, 1.82) is 0 Å². The van der Waals surface area contributed by atoms with Crippen molar-refractivity contribution in [3.8, 4) is 5.75 Å². The summed E-state index contributed by atoms with van der Waals surface area (Å²) >= 11 is 0. The number of aliphatic hydroxyl groups excluding tert-OH is 2. The maximum Gasteiger partial charge on any atom is 0.198 e. The Bertz CT molecular complexity index is 907. The predicted molar refractivity (Wildman–Crippen MR) is 91.3 cm³/mol. The lowest BCUT2D eigenvalue weighted by atomic mass is 9.81. The van der Waals surface area contributed by atoms with Gasteiger partial charge in [-0.2, -0.15) is 0 Å². The van der Waals surface area contributed by atoms with Crippen LogP contribution in [0.5, 0.6) is 5.75 Å². The van der Waals surface area contributed by atoms with Gasteiger partial charge in [-0.3, -0.25) is 9.59 Å². The number of hydrogen-bond acceptors (Lipinski definition) is 6. The van der Waals surface area contributed by atoms with Crippen LogP contribution in [0, 0.1) is 0 Å². The van der Waals surface area contributed by atoms with E-state index in [2.05, 4.69) is 0 Å². The molecule has 0 saturated carbocycles. The van der Waals surface area contributed by atoms with E-state index in [1.807, 2.05) is 0 Å². The Morgan fingerprint density at radius 1 is 0.962 bits per heavy atom. The third-order valence-corrected chi connectivity index (χ3v) is 5.15. The Hall–Kier alpha value is -2.54. The fourth-order valence-corrected chi connectivity index (χ4v) is 3.71. The molecule has 134 valence electrons. The molecule has 4 rings (SSSR count). The molecule has 6 heteroatoms. The van der Waals surface area contributed by atoms with E-state index in [-0.39, 0.29) is 34.6 Å². The highest BCUT2D eigenvalue weighted by Crippen LogP contribution is 2.41. The van der Waals surface area contributed by atoms with Crippen LogP contribution >= 0.6 is 0 Å². The van der Waals surface area contributed by atoms with Crippen molar-refractivity contribution < 1.29 is 29.6 Å². The van der Waals surface area contributed by atoms with E-state index in [9.17, 15) is 24.9 Å². The molecule has 4 atom stereocenters. The van der Waals surface area contributed by atoms with Crippen LogP contribution in [0.15, 0.2) is 36.4 Å². The summed E-state index contributed by atoms with van der Waals surface area (Å²) in [5.41, 5.74) is 1.01. The van der Waals surface area contributed by atoms with Gasteiger partial charge in [0.15, 0.2) is 11.6 Å². The molecular weight excluding hydrogens is 336 g/mol. The fourth-order valence-electron chi connectivity index (χ4n) is 3.71. The maximum absolute atomic E-state index is 12.8. The molecule has 2 aromatic carbocycles. The summed E-state index contributed by atoms with van der Waals surface area (Å²) in [5, 5.41) is 30.6. The van der Waals surface area contributed by atoms with Crippen LogP contribution in [0.2, 0.25) is 0 Å². The van der Waals surface area contributed by atoms with Gasteiger partial charge in [0.1, 0.15) is 11.9 Å². The average molecular weight is 354 g/mol. The number of ether oxygens (including phenoxy) is 1. The predicted octanol–water partition coefficient (Wildman–Crippen LogP) is 1.74. The highest BCUT2D eigenvalue weighted by Gasteiger charge is 2.38. The van der Waals surface area contributed by atoms with Crippen molar-refractivity contribution in [3.05, 3.63) is 64.2 Å². The topological polar surface area (TPSA) is 104 Å². The van der Waals surface area contributed by atoms with Gasteiger partial charge in [-0.15, -0.1) is 0 Å². The molecule has 0 amide bonds. The van der Waals surface area contributed by atoms with E-state index >= 15 is 0 Å². The smallest absolute Gasteiger partial charge is 0.198 e. The first-order chi connectivity index (χ1) is 12.4. The van der Waals surface area contributed by atoms with Crippen LogP contribution in [-0.4, -0.2) is 45.2 Å². The number of hydrogen-bond donors (Lipinski definition) is 3. The molecule has 6 nitrogen and oxygen atoms in total. The minimum Gasteiger partial charge on any atom is -0.507 e. The van der Waals surface area contributed by atoms with Crippen molar-refractivity contribution in [2.24, 2.45) is 0 Å². The van der Waals surface area contributed by atoms with Crippen LogP contribution in [0.4, 0.5) is 0 Å². The molecule has 1 fully saturated rings. The van der Waals surface area contributed by atoms with Gasteiger partial charge in [0.05, 0.1) is 23.9 Å². The minimum absolute atomic E-state index is 0.0388. The number of rotatable bonds is 1. The monoisotopic (exact) mass is 354 g/mol. The normalized spacial score (nSPS) is 27.8. The Labute approximate surface area is 149 Å². The average Bonchev–Trinajstić information content (AvgIpc) is 2.63. The van der Waals surface area contributed by atoms with Crippen molar-refractivity contribution in [3.63, 3.8) is 0 Å². The summed E-state index contributed by atoms with van der Waals surface area (Å²) in [6.45, 7) is 1.63. The fraction of sp³-hybridized carbons (Fsp3) is 0.300. The Morgan fingerprint density at radius 3 is 2.27 bits per heavy atom. The van der Waals surface area contributed by atoms with Gasteiger partial charge in [0.2, 0.25) is 0 Å². The number of aliphatic hydroxyl groups is 2. The summed E-state index contributed by atoms with van der Waals surface area (Å²) in [6.07, 6.45) is -3.25. The number of phenolic OH excluding ortho intramolecular Hbond substituents is 1. The van der Waals surface area contributed by atoms with Gasteiger partial charge in [-0.1, -0.05) is 30.3 Å². The summed E-state index contributed by atoms with van der Waals surface area (Å²) in [4.78, 5) is 25.5. The second-order valence-electron chi connectivity index (χ2n) is 6.75. The molecule has 1 aliphatic heterocycles. The molecule has 0 aromatic heterocycles. The zero-order valence-electron chi connectivity index (χ0n) is 14.0. The van der Waals surface area contributed by atoms with Crippen molar-refractivity contribution in [1.82, 2.24) is 0 Å². The van der Waals surface area contributed by atoms with Gasteiger partial charge in [0.25, 0.3) is 0 Å². The first kappa shape index (κ1) is 16.9. The van der Waals surface area contributed by atoms with Crippen molar-refractivity contribution in [2.45, 2.75) is 37.8 Å². The maximum atomic E-state index is 12.8. The van der Waals surface area contributed by atoms with Crippen LogP contribution in [0.25, 0.3) is 0 Å². The van der Waals surface area contributed by atoms with E-state index in [0.717, 1.165) is 0 Å². The first-order valence-electron chi connectivity index (χ1n) is 8.46. The third-order valence-electron chi connectivity index (χ3n) is 5.15. The standard InChI is InChI=1S/C20H18O6/c1-9-17(22)14(21)8-15(26-9)12-6-7-13-16(20(12)25)19(24)11-5-3-2-4-10(11)18(13)23/h2-7,9,14-15,17,21-22,25H,8H2,1H3/t9-,14+,15-,17-/m1/s1. The largest absolute Gasteiger partial charge is 0.507 e. The van der Waals surface area contributed by atoms with Crippen LogP contribution in [-0.2, 0) is 4.74 Å². The molecule has 2 aliphatic rings. The van der Waals surface area contributed by atoms with Gasteiger partial charge in [-0.05, 0) is 13.0 Å². The summed E-state index contributed by atoms with van der Waals surface area (Å²) in [5.74, 6) is -1.04. The lowest BCUT2D eigenvalue weighted by Crippen LogP contribution is -2.44. The van der Waals surface area contributed by atoms with Crippen LogP contribution in [0.1, 0.15) is 56.9 Å². The van der Waals surface area contributed by atoms with Crippen molar-refractivity contribution >= 4 is 11.6 Å². The molecule has 0 radical (unpaired) electrons. The van der Waals surface area contributed by atoms with Crippen molar-refractivity contribution in [2.75, 3.05) is 0 Å². The van der Waals surface area contributed by atoms with E-state index < -0.39 is 30.2 Å². The van der Waals surface area contributed by atoms with Gasteiger partial charge in [-0.25, -0.2) is 0 Å². The lowest BCUT2D eigenvalue weighted by molar-refractivity contribution is -0.163. The number of ketones is 2. The molecule has 0 unspecified atom stereocenters. The molecule has 26 heavy (non-hydrogen) atoms. The summed E-state index contributed by atoms with van der Waals surface area (Å²) < 4.78 is 5.69. The first-order valence-corrected chi connectivity index (χ1v) is 8.46. The quantitative estimate of drug-likeness (QED) is 0.615. The van der Waals surface area contributed by atoms with E-state index in [1.54, 1.807) is 31.2 Å². The molecular formula is C20H18O6. The van der Waals surface area contributed by atoms with Gasteiger partial charge < -0.3 is 20.1 Å². The Balaban J connectivity index is 1.80. The molecule has 2 aromatic rings. The lowest BCUT2D eigenvalue weighted by Gasteiger charge is -2.36. The number of phenols is 1. The molecule has 3 N–H and O–H groups in total. The number of benzene rings is 2. The minimum atomic E-state index is -1.01. The Morgan fingerprint density at radius 2 is 1.62 bits per heavy atom.